The molecule has 1 unspecified atom stereocenters. The first-order valence-electron chi connectivity index (χ1n) is 10.1. The number of nitrogens with zero attached hydrogens (tertiary/aromatic N) is 4. The van der Waals surface area contributed by atoms with Crippen molar-refractivity contribution in [3.8, 4) is 0 Å². The zero-order valence-corrected chi connectivity index (χ0v) is 18.8. The first kappa shape index (κ1) is 23.6. The highest BCUT2D eigenvalue weighted by molar-refractivity contribution is 6.33. The number of aromatic nitrogens is 4. The molecule has 1 N–H and O–H groups in total. The fourth-order valence-corrected chi connectivity index (χ4v) is 3.83. The van der Waals surface area contributed by atoms with Crippen molar-refractivity contribution in [1.29, 1.82) is 0 Å². The Labute approximate surface area is 196 Å². The van der Waals surface area contributed by atoms with Crippen molar-refractivity contribution < 1.29 is 22.4 Å². The highest BCUT2D eigenvalue weighted by atomic mass is 35.5. The van der Waals surface area contributed by atoms with Crippen LogP contribution >= 0.6 is 23.2 Å². The molecule has 1 aromatic carbocycles. The van der Waals surface area contributed by atoms with Crippen LogP contribution in [-0.2, 0) is 24.1 Å². The van der Waals surface area contributed by atoms with E-state index in [1.807, 2.05) is 0 Å². The molecule has 12 heteroatoms. The van der Waals surface area contributed by atoms with Gasteiger partial charge in [-0.2, -0.15) is 23.4 Å². The van der Waals surface area contributed by atoms with Crippen LogP contribution in [0.15, 0.2) is 30.5 Å². The lowest BCUT2D eigenvalue weighted by atomic mass is 10.1. The Balaban J connectivity index is 1.45. The molecule has 3 aromatic rings. The van der Waals surface area contributed by atoms with Crippen molar-refractivity contribution in [2.24, 2.45) is 5.92 Å². The van der Waals surface area contributed by atoms with Crippen LogP contribution in [0.2, 0.25) is 10.0 Å². The Bertz CT molecular complexity index is 1170. The Morgan fingerprint density at radius 2 is 1.97 bits per heavy atom. The number of amides is 1. The number of hydrogen-bond donors (Lipinski definition) is 1. The normalized spacial score (nSPS) is 15.0. The molecular weight excluding hydrogens is 485 g/mol. The Morgan fingerprint density at radius 1 is 1.24 bits per heavy atom. The minimum Gasteiger partial charge on any atom is -0.308 e. The van der Waals surface area contributed by atoms with Gasteiger partial charge in [0.1, 0.15) is 10.8 Å². The third-order valence-corrected chi connectivity index (χ3v) is 5.96. The summed E-state index contributed by atoms with van der Waals surface area (Å²) < 4.78 is 55.9. The second kappa shape index (κ2) is 8.98. The van der Waals surface area contributed by atoms with Gasteiger partial charge in [-0.15, -0.1) is 0 Å². The summed E-state index contributed by atoms with van der Waals surface area (Å²) in [6.07, 6.45) is -1.55. The molecule has 1 atom stereocenters. The fraction of sp³-hybridized carbons (Fsp3) is 0.381. The van der Waals surface area contributed by atoms with Gasteiger partial charge >= 0.3 is 6.18 Å². The molecule has 0 bridgehead atoms. The molecule has 4 rings (SSSR count). The summed E-state index contributed by atoms with van der Waals surface area (Å²) >= 11 is 12.2. The number of nitrogens with one attached hydrogen (secondary N) is 1. The van der Waals surface area contributed by atoms with Crippen LogP contribution in [0.4, 0.5) is 23.4 Å². The van der Waals surface area contributed by atoms with Crippen molar-refractivity contribution in [2.75, 3.05) is 5.32 Å². The SMILES string of the molecule is CC(Cn1nc(C(F)(F)F)cc1C1CC1)C(=O)Nc1nn(Cc2c(F)cccc2Cl)cc1Cl. The molecule has 33 heavy (non-hydrogen) atoms. The van der Waals surface area contributed by atoms with Gasteiger partial charge in [-0.05, 0) is 31.0 Å². The van der Waals surface area contributed by atoms with Crippen LogP contribution in [0.3, 0.4) is 0 Å². The molecule has 1 amide bonds. The Hall–Kier alpha value is -2.59. The van der Waals surface area contributed by atoms with Gasteiger partial charge in [0.15, 0.2) is 11.5 Å². The average Bonchev–Trinajstić information content (AvgIpc) is 3.39. The molecule has 0 saturated heterocycles. The van der Waals surface area contributed by atoms with Gasteiger partial charge in [0.25, 0.3) is 0 Å². The predicted octanol–water partition coefficient (Wildman–Crippen LogP) is 5.74. The van der Waals surface area contributed by atoms with Crippen molar-refractivity contribution in [2.45, 2.75) is 44.9 Å². The van der Waals surface area contributed by atoms with Crippen LogP contribution in [0.5, 0.6) is 0 Å². The van der Waals surface area contributed by atoms with E-state index in [2.05, 4.69) is 15.5 Å². The molecule has 1 aliphatic rings. The van der Waals surface area contributed by atoms with E-state index in [1.165, 1.54) is 27.7 Å². The van der Waals surface area contributed by atoms with Crippen LogP contribution in [-0.4, -0.2) is 25.5 Å². The molecule has 2 aromatic heterocycles. The maximum Gasteiger partial charge on any atom is 0.435 e. The molecule has 0 spiro atoms. The van der Waals surface area contributed by atoms with Gasteiger partial charge in [0.05, 0.1) is 19.0 Å². The summed E-state index contributed by atoms with van der Waals surface area (Å²) in [6.45, 7) is 1.54. The highest BCUT2D eigenvalue weighted by Crippen LogP contribution is 2.42. The summed E-state index contributed by atoms with van der Waals surface area (Å²) in [6, 6.07) is 5.35. The van der Waals surface area contributed by atoms with Gasteiger partial charge < -0.3 is 5.32 Å². The molecule has 6 nitrogen and oxygen atoms in total. The summed E-state index contributed by atoms with van der Waals surface area (Å²) in [7, 11) is 0. The lowest BCUT2D eigenvalue weighted by Crippen LogP contribution is -2.26. The minimum absolute atomic E-state index is 0.00505. The molecular formula is C21H19Cl2F4N5O. The molecule has 176 valence electrons. The molecule has 1 aliphatic carbocycles. The number of anilines is 1. The average molecular weight is 504 g/mol. The van der Waals surface area contributed by atoms with Crippen molar-refractivity contribution >= 4 is 34.9 Å². The first-order valence-corrected chi connectivity index (χ1v) is 10.9. The summed E-state index contributed by atoms with van der Waals surface area (Å²) in [5, 5.41) is 10.8. The number of hydrogen-bond acceptors (Lipinski definition) is 3. The number of carbonyl (C=O) groups is 1. The van der Waals surface area contributed by atoms with Crippen LogP contribution < -0.4 is 5.32 Å². The monoisotopic (exact) mass is 503 g/mol. The van der Waals surface area contributed by atoms with Crippen LogP contribution in [0, 0.1) is 11.7 Å². The third-order valence-electron chi connectivity index (χ3n) is 5.33. The maximum absolute atomic E-state index is 14.0. The van der Waals surface area contributed by atoms with E-state index in [1.54, 1.807) is 13.0 Å². The van der Waals surface area contributed by atoms with E-state index in [0.717, 1.165) is 18.9 Å². The zero-order chi connectivity index (χ0) is 23.9. The van der Waals surface area contributed by atoms with Crippen LogP contribution in [0.25, 0.3) is 0 Å². The smallest absolute Gasteiger partial charge is 0.308 e. The molecule has 1 saturated carbocycles. The second-order valence-corrected chi connectivity index (χ2v) is 8.84. The lowest BCUT2D eigenvalue weighted by molar-refractivity contribution is -0.141. The van der Waals surface area contributed by atoms with Gasteiger partial charge in [0, 0.05) is 28.4 Å². The van der Waals surface area contributed by atoms with E-state index in [0.29, 0.717) is 5.69 Å². The summed E-state index contributed by atoms with van der Waals surface area (Å²) in [5.41, 5.74) is -0.270. The van der Waals surface area contributed by atoms with Gasteiger partial charge in [0.2, 0.25) is 5.91 Å². The van der Waals surface area contributed by atoms with Gasteiger partial charge in [-0.25, -0.2) is 4.39 Å². The number of rotatable bonds is 7. The van der Waals surface area contributed by atoms with E-state index in [4.69, 9.17) is 23.2 Å². The van der Waals surface area contributed by atoms with Crippen molar-refractivity contribution in [3.63, 3.8) is 0 Å². The molecule has 0 radical (unpaired) electrons. The zero-order valence-electron chi connectivity index (χ0n) is 17.3. The van der Waals surface area contributed by atoms with Crippen molar-refractivity contribution in [3.05, 3.63) is 63.3 Å². The van der Waals surface area contributed by atoms with Gasteiger partial charge in [-0.1, -0.05) is 36.2 Å². The van der Waals surface area contributed by atoms with E-state index >= 15 is 0 Å². The summed E-state index contributed by atoms with van der Waals surface area (Å²) in [5.74, 6) is -1.63. The Morgan fingerprint density at radius 3 is 2.61 bits per heavy atom. The van der Waals surface area contributed by atoms with E-state index in [9.17, 15) is 22.4 Å². The quantitative estimate of drug-likeness (QED) is 0.417. The minimum atomic E-state index is -4.55. The van der Waals surface area contributed by atoms with Gasteiger partial charge in [-0.3, -0.25) is 14.2 Å². The largest absolute Gasteiger partial charge is 0.435 e. The Kier molecular flexibility index (Phi) is 6.41. The molecule has 2 heterocycles. The lowest BCUT2D eigenvalue weighted by Gasteiger charge is -2.13. The fourth-order valence-electron chi connectivity index (χ4n) is 3.41. The van der Waals surface area contributed by atoms with Crippen LogP contribution in [0.1, 0.15) is 42.6 Å². The maximum atomic E-state index is 14.0. The number of carbonyl (C=O) groups excluding carboxylic acids is 1. The number of alkyl halides is 3. The number of halogens is 6. The van der Waals surface area contributed by atoms with E-state index in [-0.39, 0.29) is 40.4 Å². The van der Waals surface area contributed by atoms with E-state index < -0.39 is 29.5 Å². The molecule has 0 aliphatic heterocycles. The first-order chi connectivity index (χ1) is 15.5. The third kappa shape index (κ3) is 5.33. The number of benzene rings is 1. The highest BCUT2D eigenvalue weighted by Gasteiger charge is 2.38. The summed E-state index contributed by atoms with van der Waals surface area (Å²) in [4.78, 5) is 12.7. The standard InChI is InChI=1S/C21H19Cl2F4N5O/c1-11(8-32-17(12-5-6-12)7-18(29-32)21(25,26)27)20(33)28-19-15(23)10-31(30-19)9-13-14(22)3-2-4-16(13)24/h2-4,7,10-12H,5-6,8-9H2,1H3,(H,28,30,33). The predicted molar refractivity (Wildman–Crippen MR) is 115 cm³/mol. The van der Waals surface area contributed by atoms with Crippen molar-refractivity contribution in [1.82, 2.24) is 19.6 Å². The molecule has 1 fully saturated rings. The topological polar surface area (TPSA) is 64.7 Å². The second-order valence-electron chi connectivity index (χ2n) is 8.02.